The largest absolute Gasteiger partial charge is 0.337 e. The fraction of sp³-hybridized carbons (Fsp3) is 0.438. The molecule has 5 heteroatoms. The summed E-state index contributed by atoms with van der Waals surface area (Å²) in [6.45, 7) is 4.65. The van der Waals surface area contributed by atoms with Crippen LogP contribution in [0, 0.1) is 12.8 Å². The Labute approximate surface area is 124 Å². The van der Waals surface area contributed by atoms with Gasteiger partial charge in [-0.15, -0.1) is 0 Å². The summed E-state index contributed by atoms with van der Waals surface area (Å²) in [7, 11) is 0. The molecule has 1 fully saturated rings. The molecular weight excluding hydrogens is 264 g/mol. The van der Waals surface area contributed by atoms with Gasteiger partial charge in [-0.2, -0.15) is 0 Å². The number of piperidine rings is 1. The van der Waals surface area contributed by atoms with E-state index in [-0.39, 0.29) is 5.91 Å². The molecular formula is C16H20N4O. The van der Waals surface area contributed by atoms with E-state index in [1.165, 1.54) is 0 Å². The third kappa shape index (κ3) is 3.12. The van der Waals surface area contributed by atoms with E-state index in [1.54, 1.807) is 12.3 Å². The molecule has 0 spiro atoms. The Bertz CT molecular complexity index is 600. The molecule has 0 saturated carbocycles. The number of hydrogen-bond acceptors (Lipinski definition) is 3. The average molecular weight is 284 g/mol. The second-order valence-corrected chi connectivity index (χ2v) is 5.58. The third-order valence-electron chi connectivity index (χ3n) is 4.16. The van der Waals surface area contributed by atoms with Crippen molar-refractivity contribution in [2.24, 2.45) is 5.92 Å². The number of amides is 1. The lowest BCUT2D eigenvalue weighted by atomic mass is 9.96. The van der Waals surface area contributed by atoms with Crippen molar-refractivity contribution in [3.05, 3.63) is 48.3 Å². The summed E-state index contributed by atoms with van der Waals surface area (Å²) in [6.07, 6.45) is 7.62. The van der Waals surface area contributed by atoms with Gasteiger partial charge in [-0.1, -0.05) is 6.07 Å². The Balaban J connectivity index is 1.56. The standard InChI is InChI=1S/C16H20N4O/c1-13-17-8-11-20(13)12-14-5-9-19(10-6-14)16(21)15-4-2-3-7-18-15/h2-4,7-8,11,14H,5-6,9-10,12H2,1H3. The van der Waals surface area contributed by atoms with Gasteiger partial charge < -0.3 is 9.47 Å². The van der Waals surface area contributed by atoms with E-state index in [1.807, 2.05) is 36.4 Å². The van der Waals surface area contributed by atoms with Crippen molar-refractivity contribution < 1.29 is 4.79 Å². The molecule has 0 aromatic carbocycles. The molecule has 21 heavy (non-hydrogen) atoms. The molecule has 0 unspecified atom stereocenters. The quantitative estimate of drug-likeness (QED) is 0.867. The summed E-state index contributed by atoms with van der Waals surface area (Å²) in [5, 5.41) is 0. The van der Waals surface area contributed by atoms with Crippen molar-refractivity contribution in [2.75, 3.05) is 13.1 Å². The minimum absolute atomic E-state index is 0.0489. The molecule has 0 bridgehead atoms. The summed E-state index contributed by atoms with van der Waals surface area (Å²) in [4.78, 5) is 22.6. The number of rotatable bonds is 3. The van der Waals surface area contributed by atoms with Gasteiger partial charge in [-0.05, 0) is 37.8 Å². The Morgan fingerprint density at radius 1 is 1.24 bits per heavy atom. The van der Waals surface area contributed by atoms with Crippen molar-refractivity contribution in [1.82, 2.24) is 19.4 Å². The van der Waals surface area contributed by atoms with Gasteiger partial charge in [0.1, 0.15) is 11.5 Å². The van der Waals surface area contributed by atoms with E-state index >= 15 is 0 Å². The zero-order valence-electron chi connectivity index (χ0n) is 12.3. The molecule has 0 N–H and O–H groups in total. The molecule has 0 atom stereocenters. The van der Waals surface area contributed by atoms with Gasteiger partial charge in [-0.3, -0.25) is 9.78 Å². The van der Waals surface area contributed by atoms with E-state index < -0.39 is 0 Å². The molecule has 1 aliphatic rings. The van der Waals surface area contributed by atoms with E-state index in [9.17, 15) is 4.79 Å². The van der Waals surface area contributed by atoms with Crippen LogP contribution in [0.2, 0.25) is 0 Å². The van der Waals surface area contributed by atoms with E-state index in [4.69, 9.17) is 0 Å². The second-order valence-electron chi connectivity index (χ2n) is 5.58. The number of carbonyl (C=O) groups excluding carboxylic acids is 1. The highest BCUT2D eigenvalue weighted by Gasteiger charge is 2.24. The fourth-order valence-corrected chi connectivity index (χ4v) is 2.84. The van der Waals surface area contributed by atoms with E-state index in [0.29, 0.717) is 11.6 Å². The number of pyridine rings is 1. The van der Waals surface area contributed by atoms with Gasteiger partial charge in [0.05, 0.1) is 0 Å². The lowest BCUT2D eigenvalue weighted by molar-refractivity contribution is 0.0676. The maximum absolute atomic E-state index is 12.3. The minimum atomic E-state index is 0.0489. The first-order valence-electron chi connectivity index (χ1n) is 7.42. The molecule has 1 aliphatic heterocycles. The minimum Gasteiger partial charge on any atom is -0.337 e. The number of carbonyl (C=O) groups is 1. The van der Waals surface area contributed by atoms with Crippen molar-refractivity contribution in [3.8, 4) is 0 Å². The second kappa shape index (κ2) is 6.08. The SMILES string of the molecule is Cc1nccn1CC1CCN(C(=O)c2ccccn2)CC1. The smallest absolute Gasteiger partial charge is 0.272 e. The van der Waals surface area contributed by atoms with Crippen molar-refractivity contribution in [1.29, 1.82) is 0 Å². The number of nitrogens with zero attached hydrogens (tertiary/aromatic N) is 4. The van der Waals surface area contributed by atoms with Crippen LogP contribution in [-0.2, 0) is 6.54 Å². The number of aromatic nitrogens is 3. The third-order valence-corrected chi connectivity index (χ3v) is 4.16. The van der Waals surface area contributed by atoms with Crippen LogP contribution in [-0.4, -0.2) is 38.4 Å². The highest BCUT2D eigenvalue weighted by Crippen LogP contribution is 2.20. The van der Waals surface area contributed by atoms with Crippen LogP contribution in [0.15, 0.2) is 36.8 Å². The molecule has 0 radical (unpaired) electrons. The normalized spacial score (nSPS) is 16.1. The molecule has 2 aromatic heterocycles. The molecule has 5 nitrogen and oxygen atoms in total. The van der Waals surface area contributed by atoms with Crippen LogP contribution in [0.3, 0.4) is 0 Å². The lowest BCUT2D eigenvalue weighted by Crippen LogP contribution is -2.39. The molecule has 1 saturated heterocycles. The molecule has 110 valence electrons. The number of likely N-dealkylation sites (tertiary alicyclic amines) is 1. The van der Waals surface area contributed by atoms with E-state index in [2.05, 4.69) is 14.5 Å². The van der Waals surface area contributed by atoms with Crippen LogP contribution in [0.1, 0.15) is 29.2 Å². The maximum Gasteiger partial charge on any atom is 0.272 e. The van der Waals surface area contributed by atoms with Crippen LogP contribution < -0.4 is 0 Å². The Kier molecular flexibility index (Phi) is 3.99. The van der Waals surface area contributed by atoms with Crippen molar-refractivity contribution in [2.45, 2.75) is 26.3 Å². The van der Waals surface area contributed by atoms with Crippen molar-refractivity contribution >= 4 is 5.91 Å². The van der Waals surface area contributed by atoms with Crippen LogP contribution in [0.4, 0.5) is 0 Å². The number of hydrogen-bond donors (Lipinski definition) is 0. The summed E-state index contributed by atoms with van der Waals surface area (Å²) < 4.78 is 2.20. The highest BCUT2D eigenvalue weighted by atomic mass is 16.2. The fourth-order valence-electron chi connectivity index (χ4n) is 2.84. The first kappa shape index (κ1) is 13.8. The van der Waals surface area contributed by atoms with Gasteiger partial charge >= 0.3 is 0 Å². The van der Waals surface area contributed by atoms with Gasteiger partial charge in [0.2, 0.25) is 0 Å². The van der Waals surface area contributed by atoms with Gasteiger partial charge in [0, 0.05) is 38.2 Å². The lowest BCUT2D eigenvalue weighted by Gasteiger charge is -2.32. The van der Waals surface area contributed by atoms with Gasteiger partial charge in [0.25, 0.3) is 5.91 Å². The van der Waals surface area contributed by atoms with Crippen molar-refractivity contribution in [3.63, 3.8) is 0 Å². The first-order valence-corrected chi connectivity index (χ1v) is 7.42. The molecule has 2 aromatic rings. The summed E-state index contributed by atoms with van der Waals surface area (Å²) in [5.41, 5.74) is 0.543. The molecule has 3 heterocycles. The molecule has 0 aliphatic carbocycles. The van der Waals surface area contributed by atoms with E-state index in [0.717, 1.165) is 38.3 Å². The Morgan fingerprint density at radius 2 is 2.05 bits per heavy atom. The molecule has 1 amide bonds. The number of imidazole rings is 1. The van der Waals surface area contributed by atoms with Crippen LogP contribution in [0.5, 0.6) is 0 Å². The summed E-state index contributed by atoms with van der Waals surface area (Å²) in [5.74, 6) is 1.72. The zero-order chi connectivity index (χ0) is 14.7. The zero-order valence-corrected chi connectivity index (χ0v) is 12.3. The number of aryl methyl sites for hydroxylation is 1. The van der Waals surface area contributed by atoms with Crippen LogP contribution in [0.25, 0.3) is 0 Å². The Morgan fingerprint density at radius 3 is 2.67 bits per heavy atom. The predicted molar refractivity (Wildman–Crippen MR) is 79.8 cm³/mol. The molecule has 3 rings (SSSR count). The predicted octanol–water partition coefficient (Wildman–Crippen LogP) is 2.14. The monoisotopic (exact) mass is 284 g/mol. The average Bonchev–Trinajstić information content (AvgIpc) is 2.93. The topological polar surface area (TPSA) is 51.0 Å². The maximum atomic E-state index is 12.3. The Hall–Kier alpha value is -2.17. The van der Waals surface area contributed by atoms with Gasteiger partial charge in [-0.25, -0.2) is 4.98 Å². The van der Waals surface area contributed by atoms with Crippen LogP contribution >= 0.6 is 0 Å². The first-order chi connectivity index (χ1) is 10.2. The summed E-state index contributed by atoms with van der Waals surface area (Å²) in [6, 6.07) is 5.47. The highest BCUT2D eigenvalue weighted by molar-refractivity contribution is 5.92. The van der Waals surface area contributed by atoms with Gasteiger partial charge in [0.15, 0.2) is 0 Å². The summed E-state index contributed by atoms with van der Waals surface area (Å²) >= 11 is 0.